The lowest BCUT2D eigenvalue weighted by Crippen LogP contribution is -2.15. The van der Waals surface area contributed by atoms with Gasteiger partial charge in [0.1, 0.15) is 5.82 Å². The van der Waals surface area contributed by atoms with E-state index in [9.17, 15) is 9.18 Å². The maximum Gasteiger partial charge on any atom is 0.234 e. The Morgan fingerprint density at radius 1 is 1.15 bits per heavy atom. The van der Waals surface area contributed by atoms with E-state index in [0.717, 1.165) is 17.0 Å². The first-order valence-corrected chi connectivity index (χ1v) is 9.66. The molecule has 0 aliphatic carbocycles. The molecule has 1 N–H and O–H groups in total. The number of hydrogen-bond donors (Lipinski definition) is 1. The second kappa shape index (κ2) is 8.35. The Hall–Kier alpha value is -2.67. The van der Waals surface area contributed by atoms with Gasteiger partial charge in [0, 0.05) is 17.8 Å². The summed E-state index contributed by atoms with van der Waals surface area (Å²) in [5, 5.41) is 11.9. The van der Waals surface area contributed by atoms with Crippen LogP contribution in [0.2, 0.25) is 0 Å². The summed E-state index contributed by atoms with van der Waals surface area (Å²) in [6.45, 7) is 6.43. The number of hydrogen-bond acceptors (Lipinski definition) is 4. The summed E-state index contributed by atoms with van der Waals surface area (Å²) >= 11 is 1.31. The van der Waals surface area contributed by atoms with Crippen molar-refractivity contribution in [1.29, 1.82) is 0 Å². The quantitative estimate of drug-likeness (QED) is 0.638. The molecule has 0 aliphatic rings. The number of thioether (sulfide) groups is 1. The average Bonchev–Trinajstić information content (AvgIpc) is 3.06. The number of nitrogens with one attached hydrogen (secondary N) is 1. The zero-order chi connectivity index (χ0) is 19.4. The van der Waals surface area contributed by atoms with Crippen LogP contribution < -0.4 is 5.32 Å². The Kier molecular flexibility index (Phi) is 5.91. The van der Waals surface area contributed by atoms with Crippen molar-refractivity contribution < 1.29 is 9.18 Å². The molecule has 27 heavy (non-hydrogen) atoms. The zero-order valence-electron chi connectivity index (χ0n) is 15.5. The maximum absolute atomic E-state index is 13.6. The summed E-state index contributed by atoms with van der Waals surface area (Å²) in [6.07, 6.45) is 0. The van der Waals surface area contributed by atoms with Crippen LogP contribution in [0.4, 0.5) is 10.1 Å². The highest BCUT2D eigenvalue weighted by molar-refractivity contribution is 7.99. The summed E-state index contributed by atoms with van der Waals surface area (Å²) in [7, 11) is 0. The van der Waals surface area contributed by atoms with Gasteiger partial charge in [0.15, 0.2) is 11.0 Å². The number of carbonyl (C=O) groups is 1. The van der Waals surface area contributed by atoms with Gasteiger partial charge in [-0.05, 0) is 44.0 Å². The molecule has 0 saturated carbocycles. The van der Waals surface area contributed by atoms with Gasteiger partial charge < -0.3 is 9.88 Å². The lowest BCUT2D eigenvalue weighted by molar-refractivity contribution is -0.113. The molecule has 1 heterocycles. The lowest BCUT2D eigenvalue weighted by atomic mass is 10.1. The number of aryl methyl sites for hydroxylation is 2. The van der Waals surface area contributed by atoms with E-state index in [1.54, 1.807) is 19.1 Å². The first-order valence-electron chi connectivity index (χ1n) is 8.67. The lowest BCUT2D eigenvalue weighted by Gasteiger charge is -2.09. The van der Waals surface area contributed by atoms with E-state index in [-0.39, 0.29) is 17.5 Å². The molecule has 0 bridgehead atoms. The molecule has 1 aromatic heterocycles. The third-order valence-corrected chi connectivity index (χ3v) is 5.17. The predicted octanol–water partition coefficient (Wildman–Crippen LogP) is 4.45. The third-order valence-electron chi connectivity index (χ3n) is 4.21. The number of carbonyl (C=O) groups excluding carboxylic acids is 1. The van der Waals surface area contributed by atoms with Crippen molar-refractivity contribution >= 4 is 23.4 Å². The normalized spacial score (nSPS) is 10.8. The first-order chi connectivity index (χ1) is 13.0. The number of nitrogens with zero attached hydrogens (tertiary/aromatic N) is 3. The molecule has 0 radical (unpaired) electrons. The average molecular weight is 384 g/mol. The summed E-state index contributed by atoms with van der Waals surface area (Å²) < 4.78 is 15.6. The van der Waals surface area contributed by atoms with Crippen molar-refractivity contribution in [2.45, 2.75) is 32.5 Å². The van der Waals surface area contributed by atoms with Crippen LogP contribution in [-0.2, 0) is 11.3 Å². The van der Waals surface area contributed by atoms with Gasteiger partial charge in [-0.25, -0.2) is 4.39 Å². The van der Waals surface area contributed by atoms with Gasteiger partial charge in [-0.1, -0.05) is 42.1 Å². The summed E-state index contributed by atoms with van der Waals surface area (Å²) in [4.78, 5) is 12.2. The predicted molar refractivity (Wildman–Crippen MR) is 106 cm³/mol. The van der Waals surface area contributed by atoms with Crippen molar-refractivity contribution in [2.24, 2.45) is 0 Å². The van der Waals surface area contributed by atoms with Crippen molar-refractivity contribution in [3.63, 3.8) is 0 Å². The summed E-state index contributed by atoms with van der Waals surface area (Å²) in [5.41, 5.74) is 3.14. The minimum Gasteiger partial charge on any atom is -0.325 e. The van der Waals surface area contributed by atoms with E-state index in [1.165, 1.54) is 17.8 Å². The third kappa shape index (κ3) is 4.36. The van der Waals surface area contributed by atoms with Gasteiger partial charge in [0.2, 0.25) is 5.91 Å². The molecule has 3 rings (SSSR count). The van der Waals surface area contributed by atoms with Gasteiger partial charge in [-0.15, -0.1) is 10.2 Å². The highest BCUT2D eigenvalue weighted by atomic mass is 32.2. The maximum atomic E-state index is 13.6. The summed E-state index contributed by atoms with van der Waals surface area (Å²) in [5.74, 6) is 0.404. The number of amides is 1. The summed E-state index contributed by atoms with van der Waals surface area (Å²) in [6, 6.07) is 12.6. The Balaban J connectivity index is 1.70. The van der Waals surface area contributed by atoms with Crippen LogP contribution in [-0.4, -0.2) is 26.4 Å². The Morgan fingerprint density at radius 2 is 1.93 bits per heavy atom. The molecule has 1 amide bonds. The number of halogens is 1. The Bertz CT molecular complexity index is 970. The van der Waals surface area contributed by atoms with E-state index in [2.05, 4.69) is 15.5 Å². The van der Waals surface area contributed by atoms with E-state index in [1.807, 2.05) is 42.7 Å². The van der Waals surface area contributed by atoms with Crippen LogP contribution in [0.3, 0.4) is 0 Å². The van der Waals surface area contributed by atoms with E-state index >= 15 is 0 Å². The van der Waals surface area contributed by atoms with Crippen LogP contribution in [0.5, 0.6) is 0 Å². The highest BCUT2D eigenvalue weighted by Gasteiger charge is 2.16. The number of aromatic nitrogens is 3. The molecule has 140 valence electrons. The van der Waals surface area contributed by atoms with E-state index in [4.69, 9.17) is 0 Å². The molecule has 0 aliphatic heterocycles. The SMILES string of the molecule is CCn1c(SCC(=O)Nc2ccc(C)c(F)c2)nnc1-c1ccccc1C. The standard InChI is InChI=1S/C20H21FN4OS/c1-4-25-19(16-8-6-5-7-13(16)2)23-24-20(25)27-12-18(26)22-15-10-9-14(3)17(21)11-15/h5-11H,4,12H2,1-3H3,(H,22,26). The van der Waals surface area contributed by atoms with Crippen LogP contribution in [0, 0.1) is 19.7 Å². The van der Waals surface area contributed by atoms with Gasteiger partial charge in [0.25, 0.3) is 0 Å². The monoisotopic (exact) mass is 384 g/mol. The fourth-order valence-electron chi connectivity index (χ4n) is 2.70. The Labute approximate surface area is 162 Å². The molecule has 0 atom stereocenters. The molecule has 3 aromatic rings. The van der Waals surface area contributed by atoms with Gasteiger partial charge in [-0.2, -0.15) is 0 Å². The van der Waals surface area contributed by atoms with Gasteiger partial charge >= 0.3 is 0 Å². The second-order valence-corrected chi connectivity index (χ2v) is 7.11. The molecule has 0 saturated heterocycles. The van der Waals surface area contributed by atoms with E-state index in [0.29, 0.717) is 23.0 Å². The highest BCUT2D eigenvalue weighted by Crippen LogP contribution is 2.26. The fourth-order valence-corrected chi connectivity index (χ4v) is 3.50. The molecule has 0 fully saturated rings. The molecule has 7 heteroatoms. The minimum atomic E-state index is -0.339. The van der Waals surface area contributed by atoms with Crippen molar-refractivity contribution in [3.05, 3.63) is 59.4 Å². The smallest absolute Gasteiger partial charge is 0.234 e. The second-order valence-electron chi connectivity index (χ2n) is 6.17. The van der Waals surface area contributed by atoms with Crippen molar-refractivity contribution in [1.82, 2.24) is 14.8 Å². The van der Waals surface area contributed by atoms with Crippen LogP contribution in [0.15, 0.2) is 47.6 Å². The molecule has 0 unspecified atom stereocenters. The largest absolute Gasteiger partial charge is 0.325 e. The molecular formula is C20H21FN4OS. The first kappa shape index (κ1) is 19.1. The minimum absolute atomic E-state index is 0.168. The van der Waals surface area contributed by atoms with Crippen LogP contribution in [0.25, 0.3) is 11.4 Å². The van der Waals surface area contributed by atoms with Crippen molar-refractivity contribution in [2.75, 3.05) is 11.1 Å². The van der Waals surface area contributed by atoms with Crippen LogP contribution >= 0.6 is 11.8 Å². The van der Waals surface area contributed by atoms with Gasteiger partial charge in [-0.3, -0.25) is 4.79 Å². The Morgan fingerprint density at radius 3 is 2.63 bits per heavy atom. The van der Waals surface area contributed by atoms with Gasteiger partial charge in [0.05, 0.1) is 5.75 Å². The molecule has 2 aromatic carbocycles. The topological polar surface area (TPSA) is 59.8 Å². The number of rotatable bonds is 6. The molecule has 0 spiro atoms. The number of anilines is 1. The zero-order valence-corrected chi connectivity index (χ0v) is 16.3. The fraction of sp³-hybridized carbons (Fsp3) is 0.250. The molecule has 5 nitrogen and oxygen atoms in total. The molecular weight excluding hydrogens is 363 g/mol. The number of benzene rings is 2. The van der Waals surface area contributed by atoms with E-state index < -0.39 is 0 Å². The van der Waals surface area contributed by atoms with Crippen molar-refractivity contribution in [3.8, 4) is 11.4 Å². The van der Waals surface area contributed by atoms with Crippen LogP contribution in [0.1, 0.15) is 18.1 Å².